The maximum atomic E-state index is 5.66. The van der Waals surface area contributed by atoms with Gasteiger partial charge >= 0.3 is 0 Å². The summed E-state index contributed by atoms with van der Waals surface area (Å²) in [4.78, 5) is 0. The second-order valence-electron chi connectivity index (χ2n) is 6.90. The number of ether oxygens (including phenoxy) is 1. The number of fused-ring (bicyclic) bond motifs is 1. The molecule has 1 saturated heterocycles. The zero-order chi connectivity index (χ0) is 13.5. The largest absolute Gasteiger partial charge is 0.376 e. The summed E-state index contributed by atoms with van der Waals surface area (Å²) in [7, 11) is 0. The highest BCUT2D eigenvalue weighted by Gasteiger charge is 2.25. The minimum atomic E-state index is 0.208. The molecule has 2 heterocycles. The Hall–Kier alpha value is -0.860. The van der Waals surface area contributed by atoms with E-state index in [1.165, 1.54) is 24.0 Å². The van der Waals surface area contributed by atoms with E-state index in [1.807, 2.05) is 0 Å². The van der Waals surface area contributed by atoms with Crippen LogP contribution in [0.1, 0.15) is 61.9 Å². The molecule has 1 atom stereocenters. The molecule has 2 heteroatoms. The van der Waals surface area contributed by atoms with Crippen LogP contribution in [0.15, 0.2) is 12.1 Å². The first kappa shape index (κ1) is 13.1. The molecule has 104 valence electrons. The maximum Gasteiger partial charge on any atom is 0.0719 e. The van der Waals surface area contributed by atoms with E-state index in [-0.39, 0.29) is 5.41 Å². The monoisotopic (exact) mass is 259 g/mol. The van der Waals surface area contributed by atoms with Crippen LogP contribution in [0.25, 0.3) is 0 Å². The topological polar surface area (TPSA) is 21.3 Å². The van der Waals surface area contributed by atoms with Gasteiger partial charge in [0.25, 0.3) is 0 Å². The fraction of sp³-hybridized carbons (Fsp3) is 0.647. The Morgan fingerprint density at radius 3 is 2.79 bits per heavy atom. The number of nitrogens with one attached hydrogen (secondary N) is 1. The lowest BCUT2D eigenvalue weighted by atomic mass is 9.81. The lowest BCUT2D eigenvalue weighted by Crippen LogP contribution is -2.22. The average molecular weight is 259 g/mol. The Labute approximate surface area is 116 Å². The number of hydrogen-bond acceptors (Lipinski definition) is 2. The van der Waals surface area contributed by atoms with E-state index >= 15 is 0 Å². The normalized spacial score (nSPS) is 23.4. The quantitative estimate of drug-likeness (QED) is 0.833. The van der Waals surface area contributed by atoms with Gasteiger partial charge in [0.05, 0.1) is 13.2 Å². The van der Waals surface area contributed by atoms with Gasteiger partial charge < -0.3 is 10.1 Å². The Morgan fingerprint density at radius 1 is 1.26 bits per heavy atom. The van der Waals surface area contributed by atoms with Crippen molar-refractivity contribution in [2.75, 3.05) is 13.2 Å². The minimum Gasteiger partial charge on any atom is -0.376 e. The van der Waals surface area contributed by atoms with Crippen LogP contribution in [0.4, 0.5) is 0 Å². The predicted molar refractivity (Wildman–Crippen MR) is 78.5 cm³/mol. The molecule has 0 bridgehead atoms. The van der Waals surface area contributed by atoms with Crippen LogP contribution in [-0.4, -0.2) is 13.2 Å². The van der Waals surface area contributed by atoms with Gasteiger partial charge in [-0.1, -0.05) is 32.9 Å². The van der Waals surface area contributed by atoms with Gasteiger partial charge in [0.1, 0.15) is 0 Å². The molecular formula is C17H25NO. The van der Waals surface area contributed by atoms with Crippen molar-refractivity contribution in [3.05, 3.63) is 34.4 Å². The SMILES string of the molecule is CC(C)(C)c1cc2c(c([C@H]3CCCN3)c1)CCOC2. The van der Waals surface area contributed by atoms with Gasteiger partial charge in [0.2, 0.25) is 0 Å². The summed E-state index contributed by atoms with van der Waals surface area (Å²) < 4.78 is 5.66. The van der Waals surface area contributed by atoms with Crippen LogP contribution < -0.4 is 5.32 Å². The standard InChI is InChI=1S/C17H25NO/c1-17(2,3)13-9-12-11-19-8-6-14(12)15(10-13)16-5-4-7-18-16/h9-10,16,18H,4-8,11H2,1-3H3/t16-/m1/s1. The van der Waals surface area contributed by atoms with Crippen LogP contribution in [0, 0.1) is 0 Å². The van der Waals surface area contributed by atoms with E-state index in [4.69, 9.17) is 4.74 Å². The lowest BCUT2D eigenvalue weighted by Gasteiger charge is -2.28. The molecule has 2 nitrogen and oxygen atoms in total. The molecule has 1 aromatic rings. The third-order valence-electron chi connectivity index (χ3n) is 4.43. The van der Waals surface area contributed by atoms with E-state index in [2.05, 4.69) is 38.2 Å². The number of hydrogen-bond donors (Lipinski definition) is 1. The number of rotatable bonds is 1. The van der Waals surface area contributed by atoms with E-state index in [0.29, 0.717) is 6.04 Å². The Balaban J connectivity index is 2.08. The third kappa shape index (κ3) is 2.56. The molecule has 2 aliphatic heterocycles. The van der Waals surface area contributed by atoms with Crippen LogP contribution in [-0.2, 0) is 23.2 Å². The molecule has 0 aliphatic carbocycles. The van der Waals surface area contributed by atoms with Crippen LogP contribution in [0.2, 0.25) is 0 Å². The van der Waals surface area contributed by atoms with Gasteiger partial charge in [-0.2, -0.15) is 0 Å². The molecule has 0 aromatic heterocycles. The van der Waals surface area contributed by atoms with Gasteiger partial charge in [-0.25, -0.2) is 0 Å². The Kier molecular flexibility index (Phi) is 3.40. The second-order valence-corrected chi connectivity index (χ2v) is 6.90. The summed E-state index contributed by atoms with van der Waals surface area (Å²) in [5, 5.41) is 3.66. The van der Waals surface area contributed by atoms with Gasteiger partial charge in [0, 0.05) is 6.04 Å². The van der Waals surface area contributed by atoms with Crippen LogP contribution in [0.3, 0.4) is 0 Å². The molecule has 1 N–H and O–H groups in total. The van der Waals surface area contributed by atoms with Gasteiger partial charge in [0.15, 0.2) is 0 Å². The van der Waals surface area contributed by atoms with E-state index < -0.39 is 0 Å². The first-order valence-electron chi connectivity index (χ1n) is 7.53. The highest BCUT2D eigenvalue weighted by molar-refractivity contribution is 5.44. The number of benzene rings is 1. The van der Waals surface area contributed by atoms with E-state index in [1.54, 1.807) is 11.1 Å². The smallest absolute Gasteiger partial charge is 0.0719 e. The van der Waals surface area contributed by atoms with Crippen molar-refractivity contribution in [1.29, 1.82) is 0 Å². The zero-order valence-corrected chi connectivity index (χ0v) is 12.4. The summed E-state index contributed by atoms with van der Waals surface area (Å²) >= 11 is 0. The molecule has 1 aromatic carbocycles. The molecule has 0 amide bonds. The van der Waals surface area contributed by atoms with Crippen molar-refractivity contribution < 1.29 is 4.74 Å². The van der Waals surface area contributed by atoms with Gasteiger partial charge in [-0.3, -0.25) is 0 Å². The summed E-state index contributed by atoms with van der Waals surface area (Å²) in [6, 6.07) is 5.38. The fourth-order valence-electron chi connectivity index (χ4n) is 3.24. The van der Waals surface area contributed by atoms with Gasteiger partial charge in [-0.15, -0.1) is 0 Å². The van der Waals surface area contributed by atoms with Crippen molar-refractivity contribution in [2.24, 2.45) is 0 Å². The molecule has 19 heavy (non-hydrogen) atoms. The Bertz CT molecular complexity index is 467. The molecule has 1 fully saturated rings. The summed E-state index contributed by atoms with van der Waals surface area (Å²) in [6.07, 6.45) is 3.66. The maximum absolute atomic E-state index is 5.66. The van der Waals surface area contributed by atoms with E-state index in [9.17, 15) is 0 Å². The van der Waals surface area contributed by atoms with Crippen molar-refractivity contribution in [3.63, 3.8) is 0 Å². The summed E-state index contributed by atoms with van der Waals surface area (Å²) in [6.45, 7) is 9.72. The molecule has 0 unspecified atom stereocenters. The fourth-order valence-corrected chi connectivity index (χ4v) is 3.24. The molecule has 0 radical (unpaired) electrons. The molecule has 3 rings (SSSR count). The third-order valence-corrected chi connectivity index (χ3v) is 4.43. The molecule has 2 aliphatic rings. The second kappa shape index (κ2) is 4.92. The lowest BCUT2D eigenvalue weighted by molar-refractivity contribution is 0.110. The van der Waals surface area contributed by atoms with Crippen molar-refractivity contribution in [2.45, 2.75) is 58.1 Å². The van der Waals surface area contributed by atoms with Crippen molar-refractivity contribution in [3.8, 4) is 0 Å². The van der Waals surface area contributed by atoms with Crippen LogP contribution >= 0.6 is 0 Å². The highest BCUT2D eigenvalue weighted by Crippen LogP contribution is 2.35. The minimum absolute atomic E-state index is 0.208. The highest BCUT2D eigenvalue weighted by atomic mass is 16.5. The van der Waals surface area contributed by atoms with Crippen LogP contribution in [0.5, 0.6) is 0 Å². The van der Waals surface area contributed by atoms with E-state index in [0.717, 1.165) is 26.2 Å². The summed E-state index contributed by atoms with van der Waals surface area (Å²) in [5.41, 5.74) is 6.17. The molecule has 0 saturated carbocycles. The van der Waals surface area contributed by atoms with Gasteiger partial charge in [-0.05, 0) is 53.5 Å². The van der Waals surface area contributed by atoms with Crippen molar-refractivity contribution in [1.82, 2.24) is 5.32 Å². The molecule has 0 spiro atoms. The Morgan fingerprint density at radius 2 is 2.11 bits per heavy atom. The average Bonchev–Trinajstić information content (AvgIpc) is 2.90. The molecular weight excluding hydrogens is 234 g/mol. The first-order valence-corrected chi connectivity index (χ1v) is 7.53. The first-order chi connectivity index (χ1) is 9.05. The van der Waals surface area contributed by atoms with Crippen molar-refractivity contribution >= 4 is 0 Å². The summed E-state index contributed by atoms with van der Waals surface area (Å²) in [5.74, 6) is 0. The predicted octanol–water partition coefficient (Wildman–Crippen LogP) is 3.48. The zero-order valence-electron chi connectivity index (χ0n) is 12.4.